The molecule has 0 unspecified atom stereocenters. The molecule has 0 spiro atoms. The predicted octanol–water partition coefficient (Wildman–Crippen LogP) is 4.28. The summed E-state index contributed by atoms with van der Waals surface area (Å²) >= 11 is 0. The predicted molar refractivity (Wildman–Crippen MR) is 108 cm³/mol. The minimum atomic E-state index is -9.96. The van der Waals surface area contributed by atoms with E-state index in [4.69, 9.17) is 4.74 Å². The van der Waals surface area contributed by atoms with Crippen LogP contribution in [-0.2, 0) is 23.9 Å². The first kappa shape index (κ1) is 26.4. The zero-order valence-electron chi connectivity index (χ0n) is 18.1. The number of ether oxygens (including phenoxy) is 2. The van der Waals surface area contributed by atoms with Gasteiger partial charge in [-0.25, -0.2) is 9.59 Å². The zero-order valence-corrected chi connectivity index (χ0v) is 18.9. The van der Waals surface area contributed by atoms with Crippen LogP contribution in [0.2, 0.25) is 0 Å². The highest BCUT2D eigenvalue weighted by molar-refractivity contribution is 8.45. The van der Waals surface area contributed by atoms with Crippen molar-refractivity contribution in [1.29, 1.82) is 0 Å². The summed E-state index contributed by atoms with van der Waals surface area (Å²) in [6, 6.07) is -0.408. The first-order valence-electron chi connectivity index (χ1n) is 9.37. The van der Waals surface area contributed by atoms with Crippen LogP contribution in [0.15, 0.2) is 29.2 Å². The number of hydrogen-bond acceptors (Lipinski definition) is 6. The second-order valence-corrected chi connectivity index (χ2v) is 11.0. The third kappa shape index (κ3) is 5.72. The fraction of sp³-hybridized carbons (Fsp3) is 0.474. The smallest absolute Gasteiger partial charge is 0.410 e. The van der Waals surface area contributed by atoms with Gasteiger partial charge in [-0.15, -0.1) is 0 Å². The molecule has 186 valence electrons. The Morgan fingerprint density at radius 3 is 1.97 bits per heavy atom. The maximum Gasteiger partial charge on any atom is 0.410 e. The number of likely N-dealkylation sites (tertiary alicyclic amines) is 1. The minimum absolute atomic E-state index is 0.0533. The summed E-state index contributed by atoms with van der Waals surface area (Å²) < 4.78 is 74.8. The van der Waals surface area contributed by atoms with Gasteiger partial charge >= 0.3 is 22.3 Å². The molecule has 0 aliphatic carbocycles. The summed E-state index contributed by atoms with van der Waals surface area (Å²) in [5.74, 6) is -1.10. The molecule has 1 fully saturated rings. The average Bonchev–Trinajstić information content (AvgIpc) is 2.63. The Bertz CT molecular complexity index is 957. The van der Waals surface area contributed by atoms with Crippen LogP contribution in [0.1, 0.15) is 20.8 Å². The summed E-state index contributed by atoms with van der Waals surface area (Å²) in [6.07, 6.45) is -0.409. The van der Waals surface area contributed by atoms with Crippen molar-refractivity contribution >= 4 is 40.7 Å². The molecule has 1 atom stereocenters. The van der Waals surface area contributed by atoms with E-state index in [-0.39, 0.29) is 37.3 Å². The second kappa shape index (κ2) is 7.57. The molecule has 0 radical (unpaired) electrons. The standard InChI is InChI=1S/C19H23F5N2O6S/c1-18(2,3)32-17(30)25-9-19(10-25,11-27)15(16(29)31-4)26(12-28)13-5-7-14(8-6-13)33(20,21,22,23)24/h5-8,11-12,15H,9-10H2,1-4H3/t15-/m1/s1. The highest BCUT2D eigenvalue weighted by Crippen LogP contribution is 3.02. The van der Waals surface area contributed by atoms with Crippen molar-refractivity contribution in [3.05, 3.63) is 24.3 Å². The molecule has 8 nitrogen and oxygen atoms in total. The number of esters is 1. The van der Waals surface area contributed by atoms with Crippen LogP contribution in [-0.4, -0.2) is 61.5 Å². The molecule has 1 saturated heterocycles. The van der Waals surface area contributed by atoms with Gasteiger partial charge in [-0.3, -0.25) is 9.69 Å². The van der Waals surface area contributed by atoms with Gasteiger partial charge in [0.15, 0.2) is 0 Å². The number of nitrogens with zero attached hydrogens (tertiary/aromatic N) is 2. The van der Waals surface area contributed by atoms with E-state index in [0.717, 1.165) is 12.0 Å². The van der Waals surface area contributed by atoms with Gasteiger partial charge in [0.1, 0.15) is 22.8 Å². The number of aldehydes is 1. The zero-order chi connectivity index (χ0) is 25.5. The van der Waals surface area contributed by atoms with Crippen molar-refractivity contribution in [3.63, 3.8) is 0 Å². The first-order valence-corrected chi connectivity index (χ1v) is 11.3. The summed E-state index contributed by atoms with van der Waals surface area (Å²) in [7, 11) is -9.01. The lowest BCUT2D eigenvalue weighted by Gasteiger charge is -2.51. The van der Waals surface area contributed by atoms with E-state index < -0.39 is 44.2 Å². The van der Waals surface area contributed by atoms with Gasteiger partial charge < -0.3 is 19.2 Å². The van der Waals surface area contributed by atoms with Crippen LogP contribution in [0.5, 0.6) is 0 Å². The molecule has 1 aliphatic rings. The van der Waals surface area contributed by atoms with Crippen molar-refractivity contribution in [2.45, 2.75) is 37.3 Å². The normalized spacial score (nSPS) is 18.6. The van der Waals surface area contributed by atoms with E-state index in [1.165, 1.54) is 0 Å². The number of carbonyl (C=O) groups excluding carboxylic acids is 4. The van der Waals surface area contributed by atoms with E-state index in [1.54, 1.807) is 20.8 Å². The van der Waals surface area contributed by atoms with Gasteiger partial charge in [0.25, 0.3) is 0 Å². The molecule has 14 heteroatoms. The Hall–Kier alpha value is -2.90. The summed E-state index contributed by atoms with van der Waals surface area (Å²) in [5, 5.41) is 0. The van der Waals surface area contributed by atoms with Gasteiger partial charge in [-0.1, -0.05) is 19.4 Å². The maximum absolute atomic E-state index is 13.0. The van der Waals surface area contributed by atoms with E-state index >= 15 is 0 Å². The number of halogens is 5. The third-order valence-corrected chi connectivity index (χ3v) is 5.96. The molecule has 0 N–H and O–H groups in total. The Morgan fingerprint density at radius 2 is 1.61 bits per heavy atom. The van der Waals surface area contributed by atoms with Crippen molar-refractivity contribution < 1.29 is 48.1 Å². The average molecular weight is 502 g/mol. The molecule has 1 aromatic carbocycles. The van der Waals surface area contributed by atoms with E-state index in [9.17, 15) is 38.6 Å². The van der Waals surface area contributed by atoms with Crippen molar-refractivity contribution in [1.82, 2.24) is 4.90 Å². The number of methoxy groups -OCH3 is 1. The summed E-state index contributed by atoms with van der Waals surface area (Å²) in [5.41, 5.74) is -2.90. The van der Waals surface area contributed by atoms with Crippen molar-refractivity contribution in [2.24, 2.45) is 5.41 Å². The molecule has 2 amide bonds. The van der Waals surface area contributed by atoms with Crippen molar-refractivity contribution in [3.8, 4) is 0 Å². The fourth-order valence-corrected chi connectivity index (χ4v) is 3.97. The highest BCUT2D eigenvalue weighted by atomic mass is 32.5. The lowest BCUT2D eigenvalue weighted by molar-refractivity contribution is -0.154. The summed E-state index contributed by atoms with van der Waals surface area (Å²) in [6.45, 7) is 4.11. The number of rotatable bonds is 7. The number of carbonyl (C=O) groups is 4. The Labute approximate surface area is 186 Å². The van der Waals surface area contributed by atoms with Gasteiger partial charge in [0.05, 0.1) is 12.5 Å². The third-order valence-electron chi connectivity index (χ3n) is 4.80. The summed E-state index contributed by atoms with van der Waals surface area (Å²) in [4.78, 5) is 48.0. The van der Waals surface area contributed by atoms with Crippen LogP contribution in [0.25, 0.3) is 0 Å². The minimum Gasteiger partial charge on any atom is -0.467 e. The van der Waals surface area contributed by atoms with Crippen LogP contribution in [0, 0.1) is 5.41 Å². The molecule has 1 aromatic rings. The van der Waals surface area contributed by atoms with Gasteiger partial charge in [0, 0.05) is 18.8 Å². The molecule has 1 heterocycles. The molecule has 2 rings (SSSR count). The Balaban J connectivity index is 2.41. The van der Waals surface area contributed by atoms with Crippen LogP contribution in [0.3, 0.4) is 0 Å². The van der Waals surface area contributed by atoms with Crippen LogP contribution in [0.4, 0.5) is 29.9 Å². The first-order chi connectivity index (χ1) is 14.8. The van der Waals surface area contributed by atoms with Crippen molar-refractivity contribution in [2.75, 3.05) is 25.1 Å². The van der Waals surface area contributed by atoms with Gasteiger partial charge in [0.2, 0.25) is 6.41 Å². The Kier molecular flexibility index (Phi) is 6.04. The molecule has 0 aromatic heterocycles. The van der Waals surface area contributed by atoms with E-state index in [0.29, 0.717) is 23.3 Å². The monoisotopic (exact) mass is 502 g/mol. The lowest BCUT2D eigenvalue weighted by atomic mass is 9.73. The number of hydrogen-bond donors (Lipinski definition) is 0. The Morgan fingerprint density at radius 1 is 1.09 bits per heavy atom. The quantitative estimate of drug-likeness (QED) is 0.314. The second-order valence-electron chi connectivity index (χ2n) is 8.59. The lowest BCUT2D eigenvalue weighted by Crippen LogP contribution is -2.70. The fourth-order valence-electron chi connectivity index (χ4n) is 3.32. The largest absolute Gasteiger partial charge is 0.467 e. The number of amides is 2. The molecule has 33 heavy (non-hydrogen) atoms. The molecular weight excluding hydrogens is 479 g/mol. The van der Waals surface area contributed by atoms with Crippen LogP contribution >= 0.6 is 10.2 Å². The molecule has 0 bridgehead atoms. The number of anilines is 1. The SMILES string of the molecule is COC(=O)[C@@H](N(C=O)c1ccc(S(F)(F)(F)(F)F)cc1)C1(C=O)CN(C(=O)OC(C)(C)C)C1. The van der Waals surface area contributed by atoms with Gasteiger partial charge in [-0.2, -0.15) is 0 Å². The topological polar surface area (TPSA) is 93.2 Å². The molecular formula is C19H23F5N2O6S. The molecule has 1 aliphatic heterocycles. The highest BCUT2D eigenvalue weighted by Gasteiger charge is 2.65. The maximum atomic E-state index is 13.0. The molecule has 0 saturated carbocycles. The van der Waals surface area contributed by atoms with E-state index in [2.05, 4.69) is 4.74 Å². The number of benzene rings is 1. The van der Waals surface area contributed by atoms with Gasteiger partial charge in [-0.05, 0) is 45.0 Å². The van der Waals surface area contributed by atoms with E-state index in [1.807, 2.05) is 0 Å². The van der Waals surface area contributed by atoms with Crippen LogP contribution < -0.4 is 4.90 Å².